The first kappa shape index (κ1) is 17.9. The molecule has 4 N–H and O–H groups in total. The number of alkyl carbamates (subject to hydrolysis) is 1. The van der Waals surface area contributed by atoms with Crippen LogP contribution in [0.25, 0.3) is 0 Å². The van der Waals surface area contributed by atoms with E-state index in [1.165, 1.54) is 0 Å². The van der Waals surface area contributed by atoms with E-state index in [2.05, 4.69) is 5.32 Å². The molecule has 0 aliphatic carbocycles. The van der Waals surface area contributed by atoms with Gasteiger partial charge in [0.05, 0.1) is 12.2 Å². The van der Waals surface area contributed by atoms with Crippen LogP contribution >= 0.6 is 0 Å². The van der Waals surface area contributed by atoms with Gasteiger partial charge in [0.1, 0.15) is 12.6 Å². The van der Waals surface area contributed by atoms with Crippen LogP contribution in [-0.4, -0.2) is 30.3 Å². The number of carbonyl (C=O) groups excluding carboxylic acids is 2. The molecule has 1 atom stereocenters. The maximum absolute atomic E-state index is 11.8. The molecule has 22 heavy (non-hydrogen) atoms. The quantitative estimate of drug-likeness (QED) is 0.414. The lowest BCUT2D eigenvalue weighted by Gasteiger charge is -2.24. The van der Waals surface area contributed by atoms with Gasteiger partial charge in [-0.05, 0) is 26.3 Å². The Balaban J connectivity index is 2.50. The van der Waals surface area contributed by atoms with Crippen LogP contribution in [0.3, 0.4) is 0 Å². The number of hydrazine groups is 1. The molecule has 0 fully saturated rings. The summed E-state index contributed by atoms with van der Waals surface area (Å²) in [6, 6.07) is 8.30. The van der Waals surface area contributed by atoms with E-state index in [1.807, 2.05) is 56.5 Å². The molecule has 2 amide bonds. The van der Waals surface area contributed by atoms with E-state index in [4.69, 9.17) is 15.3 Å². The number of ether oxygens (including phenoxy) is 2. The second kappa shape index (κ2) is 8.35. The van der Waals surface area contributed by atoms with Gasteiger partial charge < -0.3 is 14.8 Å². The van der Waals surface area contributed by atoms with Gasteiger partial charge in [-0.25, -0.2) is 10.6 Å². The zero-order valence-electron chi connectivity index (χ0n) is 13.1. The Morgan fingerprint density at radius 3 is 2.41 bits per heavy atom. The van der Waals surface area contributed by atoms with Crippen molar-refractivity contribution in [1.82, 2.24) is 10.7 Å². The second-order valence-electron chi connectivity index (χ2n) is 5.69. The second-order valence-corrected chi connectivity index (χ2v) is 5.69. The molecule has 0 radical (unpaired) electrons. The van der Waals surface area contributed by atoms with E-state index < -0.39 is 23.6 Å². The van der Waals surface area contributed by atoms with Crippen molar-refractivity contribution in [2.75, 3.05) is 6.61 Å². The fraction of sp³-hybridized carbons (Fsp3) is 0.467. The van der Waals surface area contributed by atoms with Crippen LogP contribution in [0.15, 0.2) is 30.3 Å². The monoisotopic (exact) mass is 309 g/mol. The molecule has 122 valence electrons. The van der Waals surface area contributed by atoms with Crippen molar-refractivity contribution >= 4 is 12.0 Å². The van der Waals surface area contributed by atoms with Gasteiger partial charge in [-0.2, -0.15) is 0 Å². The predicted molar refractivity (Wildman–Crippen MR) is 81.6 cm³/mol. The van der Waals surface area contributed by atoms with Gasteiger partial charge >= 0.3 is 6.09 Å². The fourth-order valence-corrected chi connectivity index (χ4v) is 1.52. The summed E-state index contributed by atoms with van der Waals surface area (Å²) in [5.41, 5.74) is 2.40. The summed E-state index contributed by atoms with van der Waals surface area (Å²) in [5.74, 6) is 4.55. The fourth-order valence-electron chi connectivity index (χ4n) is 1.52. The Labute approximate surface area is 130 Å². The molecule has 1 aromatic rings. The third-order valence-corrected chi connectivity index (χ3v) is 2.65. The molecular formula is C15H23N3O4. The highest BCUT2D eigenvalue weighted by Crippen LogP contribution is 2.07. The van der Waals surface area contributed by atoms with Crippen molar-refractivity contribution in [1.29, 1.82) is 0 Å². The Bertz CT molecular complexity index is 485. The van der Waals surface area contributed by atoms with Gasteiger partial charge in [-0.1, -0.05) is 30.3 Å². The number of rotatable bonds is 6. The number of nitrogens with one attached hydrogen (secondary N) is 2. The van der Waals surface area contributed by atoms with Gasteiger partial charge in [0.15, 0.2) is 0 Å². The molecule has 0 aliphatic rings. The largest absolute Gasteiger partial charge is 0.445 e. The first-order valence-corrected chi connectivity index (χ1v) is 6.93. The summed E-state index contributed by atoms with van der Waals surface area (Å²) in [4.78, 5) is 23.4. The summed E-state index contributed by atoms with van der Waals surface area (Å²) < 4.78 is 10.6. The molecule has 1 rings (SSSR count). The Kier molecular flexibility index (Phi) is 6.81. The van der Waals surface area contributed by atoms with E-state index in [0.717, 1.165) is 5.56 Å². The molecule has 1 aromatic carbocycles. The normalized spacial score (nSPS) is 12.4. The van der Waals surface area contributed by atoms with Gasteiger partial charge in [0, 0.05) is 0 Å². The van der Waals surface area contributed by atoms with Crippen LogP contribution in [0.5, 0.6) is 0 Å². The highest BCUT2D eigenvalue weighted by atomic mass is 16.5. The Morgan fingerprint density at radius 2 is 1.86 bits per heavy atom. The third-order valence-electron chi connectivity index (χ3n) is 2.65. The number of nitrogens with two attached hydrogens (primary N) is 1. The van der Waals surface area contributed by atoms with E-state index in [1.54, 1.807) is 0 Å². The third kappa shape index (κ3) is 7.05. The molecule has 1 unspecified atom stereocenters. The first-order valence-electron chi connectivity index (χ1n) is 6.93. The molecule has 0 heterocycles. The lowest BCUT2D eigenvalue weighted by atomic mass is 10.2. The van der Waals surface area contributed by atoms with Crippen LogP contribution in [0, 0.1) is 0 Å². The van der Waals surface area contributed by atoms with Crippen molar-refractivity contribution < 1.29 is 19.1 Å². The van der Waals surface area contributed by atoms with E-state index in [0.29, 0.717) is 0 Å². The Morgan fingerprint density at radius 1 is 1.23 bits per heavy atom. The lowest BCUT2D eigenvalue weighted by Crippen LogP contribution is -2.52. The zero-order chi connectivity index (χ0) is 16.6. The molecule has 7 nitrogen and oxygen atoms in total. The lowest BCUT2D eigenvalue weighted by molar-refractivity contribution is -0.126. The highest BCUT2D eigenvalue weighted by molar-refractivity contribution is 5.85. The molecule has 0 spiro atoms. The average Bonchev–Trinajstić information content (AvgIpc) is 2.48. The van der Waals surface area contributed by atoms with E-state index in [-0.39, 0.29) is 13.2 Å². The number of amides is 2. The van der Waals surface area contributed by atoms with Gasteiger partial charge in [0.2, 0.25) is 0 Å². The molecule has 7 heteroatoms. The standard InChI is InChI=1S/C15H23N3O4/c1-15(2,3)22-10-12(13(19)18-16)17-14(20)21-9-11-7-5-4-6-8-11/h4-8,12H,9-10,16H2,1-3H3,(H,17,20)(H,18,19). The van der Waals surface area contributed by atoms with Crippen LogP contribution in [0.4, 0.5) is 4.79 Å². The van der Waals surface area contributed by atoms with Crippen molar-refractivity contribution in [3.8, 4) is 0 Å². The summed E-state index contributed by atoms with van der Waals surface area (Å²) in [7, 11) is 0. The first-order chi connectivity index (χ1) is 10.3. The van der Waals surface area contributed by atoms with Crippen LogP contribution in [-0.2, 0) is 20.9 Å². The average molecular weight is 309 g/mol. The molecule has 0 aromatic heterocycles. The summed E-state index contributed by atoms with van der Waals surface area (Å²) in [5, 5.41) is 2.43. The smallest absolute Gasteiger partial charge is 0.408 e. The van der Waals surface area contributed by atoms with E-state index >= 15 is 0 Å². The van der Waals surface area contributed by atoms with Crippen LogP contribution in [0.2, 0.25) is 0 Å². The van der Waals surface area contributed by atoms with Gasteiger partial charge in [-0.15, -0.1) is 0 Å². The van der Waals surface area contributed by atoms with Crippen LogP contribution < -0.4 is 16.6 Å². The number of hydrogen-bond acceptors (Lipinski definition) is 5. The van der Waals surface area contributed by atoms with Crippen molar-refractivity contribution in [2.45, 2.75) is 39.0 Å². The summed E-state index contributed by atoms with van der Waals surface area (Å²) in [6.45, 7) is 5.64. The zero-order valence-corrected chi connectivity index (χ0v) is 13.1. The van der Waals surface area contributed by atoms with Crippen molar-refractivity contribution in [2.24, 2.45) is 5.84 Å². The SMILES string of the molecule is CC(C)(C)OCC(NC(=O)OCc1ccccc1)C(=O)NN. The minimum absolute atomic E-state index is 0.00697. The molecular weight excluding hydrogens is 286 g/mol. The van der Waals surface area contributed by atoms with Gasteiger partial charge in [-0.3, -0.25) is 10.2 Å². The van der Waals surface area contributed by atoms with E-state index in [9.17, 15) is 9.59 Å². The maximum Gasteiger partial charge on any atom is 0.408 e. The number of benzene rings is 1. The summed E-state index contributed by atoms with van der Waals surface area (Å²) >= 11 is 0. The molecule has 0 bridgehead atoms. The molecule has 0 saturated carbocycles. The van der Waals surface area contributed by atoms with Crippen molar-refractivity contribution in [3.05, 3.63) is 35.9 Å². The maximum atomic E-state index is 11.8. The topological polar surface area (TPSA) is 103 Å². The predicted octanol–water partition coefficient (Wildman–Crippen LogP) is 1.09. The highest BCUT2D eigenvalue weighted by Gasteiger charge is 2.23. The minimum Gasteiger partial charge on any atom is -0.445 e. The van der Waals surface area contributed by atoms with Crippen LogP contribution in [0.1, 0.15) is 26.3 Å². The van der Waals surface area contributed by atoms with Gasteiger partial charge in [0.25, 0.3) is 5.91 Å². The molecule has 0 aliphatic heterocycles. The van der Waals surface area contributed by atoms with Crippen molar-refractivity contribution in [3.63, 3.8) is 0 Å². The minimum atomic E-state index is -0.924. The number of hydrogen-bond donors (Lipinski definition) is 3. The summed E-state index contributed by atoms with van der Waals surface area (Å²) in [6.07, 6.45) is -0.713. The number of carbonyl (C=O) groups is 2. The Hall–Kier alpha value is -2.12. The molecule has 0 saturated heterocycles.